The van der Waals surface area contributed by atoms with Crippen LogP contribution >= 0.6 is 0 Å². The maximum Gasteiger partial charge on any atom is 0.407 e. The number of fused-ring (bicyclic) bond motifs is 3. The molecule has 0 saturated heterocycles. The molecule has 0 aliphatic carbocycles. The van der Waals surface area contributed by atoms with E-state index in [1.54, 1.807) is 0 Å². The number of aryl methyl sites for hydroxylation is 2. The molecule has 0 aliphatic rings. The van der Waals surface area contributed by atoms with Crippen LogP contribution in [0.1, 0.15) is 51.2 Å². The van der Waals surface area contributed by atoms with Gasteiger partial charge in [-0.25, -0.2) is 14.8 Å². The molecule has 0 saturated carbocycles. The van der Waals surface area contributed by atoms with Crippen LogP contribution in [0.25, 0.3) is 55.1 Å². The Morgan fingerprint density at radius 1 is 0.735 bits per heavy atom. The minimum absolute atomic E-state index is 0.0533. The molecule has 6 aromatic rings. The number of hydrogen-bond donors (Lipinski definition) is 5. The number of H-pyrrole nitrogens is 2. The van der Waals surface area contributed by atoms with Crippen LogP contribution in [-0.2, 0) is 22.4 Å². The first-order chi connectivity index (χ1) is 23.8. The molecule has 0 spiro atoms. The SMILES string of the molecule is COC(=O)NC(C(=O)NCCCCc1nc2ccc(-c3ccc4cc(-c5ccc6nc(CCCCN)[nH]c6c5)ccc4c3)cc2[nH]1)C(C)C. The van der Waals surface area contributed by atoms with E-state index in [0.717, 1.165) is 88.9 Å². The Bertz CT molecular complexity index is 2080. The number of ether oxygens (including phenoxy) is 1. The number of carbonyl (C=O) groups excluding carboxylic acids is 2. The fourth-order valence-corrected chi connectivity index (χ4v) is 6.22. The number of alkyl carbamates (subject to hydrolysis) is 1. The summed E-state index contributed by atoms with van der Waals surface area (Å²) in [6.45, 7) is 5.00. The van der Waals surface area contributed by atoms with Crippen molar-refractivity contribution in [3.8, 4) is 22.3 Å². The van der Waals surface area contributed by atoms with Crippen LogP contribution in [0, 0.1) is 5.92 Å². The Morgan fingerprint density at radius 3 is 1.76 bits per heavy atom. The summed E-state index contributed by atoms with van der Waals surface area (Å²) < 4.78 is 4.64. The molecule has 0 radical (unpaired) electrons. The van der Waals surface area contributed by atoms with E-state index >= 15 is 0 Å². The molecule has 0 fully saturated rings. The lowest BCUT2D eigenvalue weighted by Gasteiger charge is -2.20. The highest BCUT2D eigenvalue weighted by molar-refractivity contribution is 5.93. The van der Waals surface area contributed by atoms with Gasteiger partial charge in [-0.15, -0.1) is 0 Å². The number of aromatic nitrogens is 4. The Labute approximate surface area is 286 Å². The van der Waals surface area contributed by atoms with E-state index < -0.39 is 12.1 Å². The maximum atomic E-state index is 12.5. The lowest BCUT2D eigenvalue weighted by molar-refractivity contribution is -0.124. The molecule has 254 valence electrons. The minimum Gasteiger partial charge on any atom is -0.453 e. The van der Waals surface area contributed by atoms with Gasteiger partial charge in [0.15, 0.2) is 0 Å². The van der Waals surface area contributed by atoms with E-state index in [1.165, 1.54) is 23.4 Å². The summed E-state index contributed by atoms with van der Waals surface area (Å²) in [5.74, 6) is 1.68. The molecule has 0 aliphatic heterocycles. The molecule has 6 N–H and O–H groups in total. The van der Waals surface area contributed by atoms with E-state index in [1.807, 2.05) is 13.8 Å². The molecule has 10 heteroatoms. The number of rotatable bonds is 14. The summed E-state index contributed by atoms with van der Waals surface area (Å²) in [6.07, 6.45) is 4.78. The van der Waals surface area contributed by atoms with Gasteiger partial charge in [0.25, 0.3) is 0 Å². The number of nitrogens with one attached hydrogen (secondary N) is 4. The number of imidazole rings is 2. The maximum absolute atomic E-state index is 12.5. The second kappa shape index (κ2) is 15.3. The number of amides is 2. The zero-order valence-corrected chi connectivity index (χ0v) is 28.4. The third-order valence-corrected chi connectivity index (χ3v) is 8.98. The Morgan fingerprint density at radius 2 is 1.24 bits per heavy atom. The fourth-order valence-electron chi connectivity index (χ4n) is 6.22. The van der Waals surface area contributed by atoms with Gasteiger partial charge in [-0.05, 0) is 108 Å². The van der Waals surface area contributed by atoms with Crippen LogP contribution in [-0.4, -0.2) is 58.2 Å². The first kappa shape index (κ1) is 33.7. The summed E-state index contributed by atoms with van der Waals surface area (Å²) in [6, 6.07) is 25.4. The van der Waals surface area contributed by atoms with Crippen LogP contribution in [0.5, 0.6) is 0 Å². The van der Waals surface area contributed by atoms with Gasteiger partial charge in [-0.3, -0.25) is 4.79 Å². The van der Waals surface area contributed by atoms with Crippen LogP contribution in [0.3, 0.4) is 0 Å². The Hall–Kier alpha value is -5.22. The highest BCUT2D eigenvalue weighted by atomic mass is 16.5. The predicted molar refractivity (Wildman–Crippen MR) is 196 cm³/mol. The summed E-state index contributed by atoms with van der Waals surface area (Å²) in [5.41, 5.74) is 14.2. The molecule has 1 unspecified atom stereocenters. The van der Waals surface area contributed by atoms with Gasteiger partial charge in [0.1, 0.15) is 17.7 Å². The molecule has 2 heterocycles. The van der Waals surface area contributed by atoms with Crippen molar-refractivity contribution in [1.82, 2.24) is 30.6 Å². The second-order valence-electron chi connectivity index (χ2n) is 13.0. The van der Waals surface area contributed by atoms with Crippen molar-refractivity contribution in [3.05, 3.63) is 84.4 Å². The van der Waals surface area contributed by atoms with Gasteiger partial charge < -0.3 is 31.1 Å². The standard InChI is InChI=1S/C39H45N7O3/c1-24(2)37(46-39(48)49-3)38(47)41-19-7-5-9-36-43-32-17-15-30(23-34(32)45-36)28-13-11-25-20-27(12-10-26(25)21-28)29-14-16-31-33(22-29)44-35(42-31)8-4-6-18-40/h10-17,20-24,37H,4-9,18-19,40H2,1-3H3,(H,41,47)(H,42,44)(H,43,45)(H,46,48). The van der Waals surface area contributed by atoms with Gasteiger partial charge in [0, 0.05) is 19.4 Å². The van der Waals surface area contributed by atoms with Crippen molar-refractivity contribution in [2.75, 3.05) is 20.2 Å². The highest BCUT2D eigenvalue weighted by Gasteiger charge is 2.24. The van der Waals surface area contributed by atoms with Crippen LogP contribution in [0.15, 0.2) is 72.8 Å². The number of nitrogens with zero attached hydrogens (tertiary/aromatic N) is 2. The number of methoxy groups -OCH3 is 1. The van der Waals surface area contributed by atoms with Crippen molar-refractivity contribution in [3.63, 3.8) is 0 Å². The zero-order valence-electron chi connectivity index (χ0n) is 28.4. The van der Waals surface area contributed by atoms with Crippen molar-refractivity contribution in [2.45, 2.75) is 58.4 Å². The fraction of sp³-hybridized carbons (Fsp3) is 0.333. The third kappa shape index (κ3) is 8.09. The molecule has 6 rings (SSSR count). The van der Waals surface area contributed by atoms with E-state index in [9.17, 15) is 9.59 Å². The smallest absolute Gasteiger partial charge is 0.407 e. The number of unbranched alkanes of at least 4 members (excludes halogenated alkanes) is 2. The third-order valence-electron chi connectivity index (χ3n) is 8.98. The lowest BCUT2D eigenvalue weighted by atomic mass is 9.97. The van der Waals surface area contributed by atoms with Crippen molar-refractivity contribution in [2.24, 2.45) is 11.7 Å². The summed E-state index contributed by atoms with van der Waals surface area (Å²) in [5, 5.41) is 7.90. The predicted octanol–water partition coefficient (Wildman–Crippen LogP) is 7.03. The number of hydrogen-bond acceptors (Lipinski definition) is 6. The van der Waals surface area contributed by atoms with E-state index in [2.05, 4.69) is 98.1 Å². The summed E-state index contributed by atoms with van der Waals surface area (Å²) in [4.78, 5) is 40.6. The minimum atomic E-state index is -0.633. The molecule has 49 heavy (non-hydrogen) atoms. The van der Waals surface area contributed by atoms with E-state index in [0.29, 0.717) is 13.1 Å². The molecule has 1 atom stereocenters. The molecular weight excluding hydrogens is 614 g/mol. The molecular formula is C39H45N7O3. The van der Waals surface area contributed by atoms with Gasteiger partial charge >= 0.3 is 6.09 Å². The topological polar surface area (TPSA) is 151 Å². The average molecular weight is 660 g/mol. The normalized spacial score (nSPS) is 12.2. The van der Waals surface area contributed by atoms with Crippen molar-refractivity contribution >= 4 is 44.8 Å². The van der Waals surface area contributed by atoms with Gasteiger partial charge in [-0.2, -0.15) is 0 Å². The number of benzene rings is 4. The van der Waals surface area contributed by atoms with E-state index in [-0.39, 0.29) is 11.8 Å². The van der Waals surface area contributed by atoms with Crippen LogP contribution < -0.4 is 16.4 Å². The van der Waals surface area contributed by atoms with Crippen molar-refractivity contribution < 1.29 is 14.3 Å². The van der Waals surface area contributed by atoms with Crippen molar-refractivity contribution in [1.29, 1.82) is 0 Å². The first-order valence-corrected chi connectivity index (χ1v) is 17.2. The highest BCUT2D eigenvalue weighted by Crippen LogP contribution is 2.31. The van der Waals surface area contributed by atoms with Crippen LogP contribution in [0.4, 0.5) is 4.79 Å². The number of carbonyl (C=O) groups is 2. The van der Waals surface area contributed by atoms with E-state index in [4.69, 9.17) is 15.7 Å². The number of aromatic amines is 2. The monoisotopic (exact) mass is 659 g/mol. The molecule has 2 amide bonds. The Balaban J connectivity index is 1.07. The zero-order chi connectivity index (χ0) is 34.3. The van der Waals surface area contributed by atoms with Gasteiger partial charge in [-0.1, -0.05) is 50.2 Å². The van der Waals surface area contributed by atoms with Gasteiger partial charge in [0.2, 0.25) is 5.91 Å². The quantitative estimate of drug-likeness (QED) is 0.0793. The number of nitrogens with two attached hydrogens (primary N) is 1. The largest absolute Gasteiger partial charge is 0.453 e. The lowest BCUT2D eigenvalue weighted by Crippen LogP contribution is -2.49. The summed E-state index contributed by atoms with van der Waals surface area (Å²) in [7, 11) is 1.29. The second-order valence-corrected chi connectivity index (χ2v) is 13.0. The van der Waals surface area contributed by atoms with Crippen LogP contribution in [0.2, 0.25) is 0 Å². The summed E-state index contributed by atoms with van der Waals surface area (Å²) >= 11 is 0. The average Bonchev–Trinajstić information content (AvgIpc) is 3.72. The molecule has 0 bridgehead atoms. The molecule has 2 aromatic heterocycles. The molecule has 10 nitrogen and oxygen atoms in total. The molecule has 4 aromatic carbocycles. The van der Waals surface area contributed by atoms with Gasteiger partial charge in [0.05, 0.1) is 29.2 Å². The Kier molecular flexibility index (Phi) is 10.5. The first-order valence-electron chi connectivity index (χ1n) is 17.2.